The van der Waals surface area contributed by atoms with Gasteiger partial charge in [0.2, 0.25) is 11.8 Å². The fraction of sp³-hybridized carbons (Fsp3) is 0.529. The van der Waals surface area contributed by atoms with Gasteiger partial charge in [-0.3, -0.25) is 14.5 Å². The zero-order valence-corrected chi connectivity index (χ0v) is 13.9. The van der Waals surface area contributed by atoms with Crippen molar-refractivity contribution in [3.63, 3.8) is 0 Å². The molecule has 0 atom stereocenters. The van der Waals surface area contributed by atoms with Crippen molar-refractivity contribution >= 4 is 17.5 Å². The SMILES string of the molecule is CC(C)CCN1Cc2cccc(NC(=O)CNC(=O)CN)c2C1. The number of nitrogens with zero attached hydrogens (tertiary/aromatic N) is 1. The average Bonchev–Trinajstić information content (AvgIpc) is 2.94. The minimum absolute atomic E-state index is 0.0588. The second-order valence-electron chi connectivity index (χ2n) is 6.37. The summed E-state index contributed by atoms with van der Waals surface area (Å²) in [6, 6.07) is 5.98. The first-order valence-electron chi connectivity index (χ1n) is 8.09. The van der Waals surface area contributed by atoms with Gasteiger partial charge in [-0.15, -0.1) is 0 Å². The molecule has 126 valence electrons. The molecule has 23 heavy (non-hydrogen) atoms. The van der Waals surface area contributed by atoms with E-state index in [1.54, 1.807) is 0 Å². The van der Waals surface area contributed by atoms with Crippen LogP contribution in [-0.4, -0.2) is 36.3 Å². The molecule has 6 nitrogen and oxygen atoms in total. The minimum Gasteiger partial charge on any atom is -0.346 e. The monoisotopic (exact) mass is 318 g/mol. The van der Waals surface area contributed by atoms with E-state index >= 15 is 0 Å². The molecule has 0 spiro atoms. The number of nitrogens with two attached hydrogens (primary N) is 1. The Bertz CT molecular complexity index is 572. The molecule has 0 aliphatic carbocycles. The van der Waals surface area contributed by atoms with Gasteiger partial charge in [-0.25, -0.2) is 0 Å². The lowest BCUT2D eigenvalue weighted by Gasteiger charge is -2.16. The molecule has 0 aromatic heterocycles. The first-order valence-corrected chi connectivity index (χ1v) is 8.09. The Kier molecular flexibility index (Phi) is 6.12. The van der Waals surface area contributed by atoms with Crippen molar-refractivity contribution in [2.24, 2.45) is 11.7 Å². The van der Waals surface area contributed by atoms with Gasteiger partial charge in [-0.2, -0.15) is 0 Å². The molecule has 4 N–H and O–H groups in total. The maximum atomic E-state index is 11.9. The topological polar surface area (TPSA) is 87.5 Å². The first kappa shape index (κ1) is 17.4. The highest BCUT2D eigenvalue weighted by molar-refractivity contribution is 5.95. The van der Waals surface area contributed by atoms with E-state index in [9.17, 15) is 9.59 Å². The van der Waals surface area contributed by atoms with Gasteiger partial charge < -0.3 is 16.4 Å². The van der Waals surface area contributed by atoms with Crippen LogP contribution in [0.5, 0.6) is 0 Å². The van der Waals surface area contributed by atoms with E-state index in [1.807, 2.05) is 12.1 Å². The third kappa shape index (κ3) is 5.04. The van der Waals surface area contributed by atoms with E-state index in [4.69, 9.17) is 5.73 Å². The number of anilines is 1. The highest BCUT2D eigenvalue weighted by Gasteiger charge is 2.22. The minimum atomic E-state index is -0.335. The maximum Gasteiger partial charge on any atom is 0.243 e. The zero-order chi connectivity index (χ0) is 16.8. The summed E-state index contributed by atoms with van der Waals surface area (Å²) >= 11 is 0. The lowest BCUT2D eigenvalue weighted by atomic mass is 10.1. The Morgan fingerprint density at radius 2 is 2.04 bits per heavy atom. The van der Waals surface area contributed by atoms with Crippen LogP contribution in [0.25, 0.3) is 0 Å². The van der Waals surface area contributed by atoms with Crippen LogP contribution in [0.15, 0.2) is 18.2 Å². The molecule has 2 rings (SSSR count). The summed E-state index contributed by atoms with van der Waals surface area (Å²) in [6.45, 7) is 7.13. The predicted octanol–water partition coefficient (Wildman–Crippen LogP) is 1.06. The van der Waals surface area contributed by atoms with Crippen LogP contribution in [0.1, 0.15) is 31.4 Å². The van der Waals surface area contributed by atoms with Crippen molar-refractivity contribution in [2.45, 2.75) is 33.4 Å². The van der Waals surface area contributed by atoms with Crippen LogP contribution in [0.2, 0.25) is 0 Å². The lowest BCUT2D eigenvalue weighted by molar-refractivity contribution is -0.123. The van der Waals surface area contributed by atoms with Gasteiger partial charge in [0, 0.05) is 18.8 Å². The normalized spacial score (nSPS) is 13.9. The molecule has 0 fully saturated rings. The summed E-state index contributed by atoms with van der Waals surface area (Å²) in [6.07, 6.45) is 1.17. The molecule has 0 radical (unpaired) electrons. The number of carbonyl (C=O) groups is 2. The summed E-state index contributed by atoms with van der Waals surface area (Å²) in [5, 5.41) is 5.36. The van der Waals surface area contributed by atoms with Crippen molar-refractivity contribution in [3.05, 3.63) is 29.3 Å². The second kappa shape index (κ2) is 8.08. The fourth-order valence-corrected chi connectivity index (χ4v) is 2.65. The average molecular weight is 318 g/mol. The van der Waals surface area contributed by atoms with Gasteiger partial charge in [-0.1, -0.05) is 26.0 Å². The fourth-order valence-electron chi connectivity index (χ4n) is 2.65. The van der Waals surface area contributed by atoms with Gasteiger partial charge >= 0.3 is 0 Å². The van der Waals surface area contributed by atoms with Gasteiger partial charge in [0.05, 0.1) is 13.1 Å². The Labute approximate surface area is 137 Å². The molecule has 0 unspecified atom stereocenters. The van der Waals surface area contributed by atoms with E-state index in [2.05, 4.69) is 35.4 Å². The zero-order valence-electron chi connectivity index (χ0n) is 13.9. The second-order valence-corrected chi connectivity index (χ2v) is 6.37. The van der Waals surface area contributed by atoms with E-state index in [1.165, 1.54) is 17.5 Å². The number of nitrogens with one attached hydrogen (secondary N) is 2. The largest absolute Gasteiger partial charge is 0.346 e. The number of carbonyl (C=O) groups excluding carboxylic acids is 2. The van der Waals surface area contributed by atoms with E-state index < -0.39 is 0 Å². The molecule has 2 amide bonds. The summed E-state index contributed by atoms with van der Waals surface area (Å²) in [5.41, 5.74) is 8.47. The smallest absolute Gasteiger partial charge is 0.243 e. The number of benzene rings is 1. The molecule has 1 aromatic carbocycles. The highest BCUT2D eigenvalue weighted by Crippen LogP contribution is 2.29. The molecular formula is C17H26N4O2. The third-order valence-corrected chi connectivity index (χ3v) is 3.98. The van der Waals surface area contributed by atoms with Crippen molar-refractivity contribution in [1.82, 2.24) is 10.2 Å². The third-order valence-electron chi connectivity index (χ3n) is 3.98. The van der Waals surface area contributed by atoms with Crippen LogP contribution >= 0.6 is 0 Å². The van der Waals surface area contributed by atoms with Crippen LogP contribution < -0.4 is 16.4 Å². The number of hydrogen-bond acceptors (Lipinski definition) is 4. The van der Waals surface area contributed by atoms with Crippen LogP contribution in [0.4, 0.5) is 5.69 Å². The van der Waals surface area contributed by atoms with Gasteiger partial charge in [0.25, 0.3) is 0 Å². The number of rotatable bonds is 7. The van der Waals surface area contributed by atoms with Crippen LogP contribution in [0.3, 0.4) is 0 Å². The Morgan fingerprint density at radius 1 is 1.26 bits per heavy atom. The predicted molar refractivity (Wildman–Crippen MR) is 90.7 cm³/mol. The first-order chi connectivity index (χ1) is 11.0. The Balaban J connectivity index is 1.94. The molecule has 6 heteroatoms. The van der Waals surface area contributed by atoms with Crippen molar-refractivity contribution < 1.29 is 9.59 Å². The number of hydrogen-bond donors (Lipinski definition) is 3. The number of fused-ring (bicyclic) bond motifs is 1. The Hall–Kier alpha value is -1.92. The quantitative estimate of drug-likeness (QED) is 0.701. The maximum absolute atomic E-state index is 11.9. The van der Waals surface area contributed by atoms with Crippen molar-refractivity contribution in [1.29, 1.82) is 0 Å². The molecular weight excluding hydrogens is 292 g/mol. The highest BCUT2D eigenvalue weighted by atomic mass is 16.2. The van der Waals surface area contributed by atoms with Gasteiger partial charge in [0.15, 0.2) is 0 Å². The summed E-state index contributed by atoms with van der Waals surface area (Å²) < 4.78 is 0. The molecule has 0 bridgehead atoms. The standard InChI is InChI=1S/C17H26N4O2/c1-12(2)6-7-21-10-13-4-3-5-15(14(13)11-21)20-17(23)9-19-16(22)8-18/h3-5,12H,6-11,18H2,1-2H3,(H,19,22)(H,20,23). The molecule has 0 saturated heterocycles. The number of amides is 2. The van der Waals surface area contributed by atoms with Crippen molar-refractivity contribution in [2.75, 3.05) is 25.0 Å². The molecule has 1 aliphatic heterocycles. The summed E-state index contributed by atoms with van der Waals surface area (Å²) in [5.74, 6) is 0.114. The Morgan fingerprint density at radius 3 is 2.74 bits per heavy atom. The van der Waals surface area contributed by atoms with Crippen LogP contribution in [0, 0.1) is 5.92 Å². The molecule has 1 heterocycles. The van der Waals surface area contributed by atoms with E-state index in [0.717, 1.165) is 25.3 Å². The molecule has 0 saturated carbocycles. The van der Waals surface area contributed by atoms with E-state index in [-0.39, 0.29) is 24.9 Å². The molecule has 1 aliphatic rings. The van der Waals surface area contributed by atoms with Crippen molar-refractivity contribution in [3.8, 4) is 0 Å². The lowest BCUT2D eigenvalue weighted by Crippen LogP contribution is -2.36. The van der Waals surface area contributed by atoms with Gasteiger partial charge in [-0.05, 0) is 36.1 Å². The summed E-state index contributed by atoms with van der Waals surface area (Å²) in [7, 11) is 0. The van der Waals surface area contributed by atoms with Gasteiger partial charge in [0.1, 0.15) is 0 Å². The molecule has 1 aromatic rings. The summed E-state index contributed by atoms with van der Waals surface area (Å²) in [4.78, 5) is 25.5. The van der Waals surface area contributed by atoms with E-state index in [0.29, 0.717) is 5.92 Å². The van der Waals surface area contributed by atoms with Crippen LogP contribution in [-0.2, 0) is 22.7 Å².